The van der Waals surface area contributed by atoms with Gasteiger partial charge in [-0.2, -0.15) is 5.10 Å². The summed E-state index contributed by atoms with van der Waals surface area (Å²) in [5.41, 5.74) is 1.53. The molecule has 0 N–H and O–H groups in total. The normalized spacial score (nSPS) is 16.0. The number of aromatic nitrogens is 5. The molecule has 3 heterocycles. The number of likely N-dealkylation sites (tertiary alicyclic amines) is 1. The lowest BCUT2D eigenvalue weighted by Crippen LogP contribution is -2.38. The smallest absolute Gasteiger partial charge is 0.275 e. The first-order valence-corrected chi connectivity index (χ1v) is 8.20. The molecule has 0 unspecified atom stereocenters. The van der Waals surface area contributed by atoms with Gasteiger partial charge in [-0.25, -0.2) is 0 Å². The molecule has 7 nitrogen and oxygen atoms in total. The van der Waals surface area contributed by atoms with Crippen molar-refractivity contribution >= 4 is 16.8 Å². The summed E-state index contributed by atoms with van der Waals surface area (Å²) in [7, 11) is 3.84. The lowest BCUT2D eigenvalue weighted by molar-refractivity contribution is 0.0705. The Morgan fingerprint density at radius 1 is 1.17 bits per heavy atom. The van der Waals surface area contributed by atoms with Crippen LogP contribution in [0.15, 0.2) is 30.6 Å². The van der Waals surface area contributed by atoms with Crippen LogP contribution in [-0.4, -0.2) is 48.4 Å². The van der Waals surface area contributed by atoms with Crippen LogP contribution in [0.1, 0.15) is 35.1 Å². The van der Waals surface area contributed by atoms with Gasteiger partial charge >= 0.3 is 0 Å². The Kier molecular flexibility index (Phi) is 3.55. The van der Waals surface area contributed by atoms with Crippen molar-refractivity contribution in [1.82, 2.24) is 29.4 Å². The fourth-order valence-electron chi connectivity index (χ4n) is 3.52. The molecule has 1 aromatic carbocycles. The number of carbonyl (C=O) groups is 1. The molecule has 1 saturated heterocycles. The number of rotatable bonds is 2. The molecule has 7 heteroatoms. The maximum absolute atomic E-state index is 12.9. The van der Waals surface area contributed by atoms with Gasteiger partial charge in [0, 0.05) is 38.5 Å². The van der Waals surface area contributed by atoms with Crippen LogP contribution in [0.25, 0.3) is 10.9 Å². The molecule has 0 aliphatic carbocycles. The first kappa shape index (κ1) is 14.9. The van der Waals surface area contributed by atoms with Crippen molar-refractivity contribution in [3.63, 3.8) is 0 Å². The molecule has 24 heavy (non-hydrogen) atoms. The molecule has 0 bridgehead atoms. The minimum absolute atomic E-state index is 0.0169. The van der Waals surface area contributed by atoms with E-state index in [1.54, 1.807) is 11.0 Å². The highest BCUT2D eigenvalue weighted by Gasteiger charge is 2.29. The van der Waals surface area contributed by atoms with E-state index in [0.717, 1.165) is 42.7 Å². The summed E-state index contributed by atoms with van der Waals surface area (Å²) in [4.78, 5) is 14.8. The van der Waals surface area contributed by atoms with Gasteiger partial charge in [-0.3, -0.25) is 9.48 Å². The Bertz CT molecular complexity index is 888. The van der Waals surface area contributed by atoms with Gasteiger partial charge in [0.1, 0.15) is 12.2 Å². The van der Waals surface area contributed by atoms with E-state index in [1.807, 2.05) is 47.8 Å². The second-order valence-electron chi connectivity index (χ2n) is 6.36. The zero-order valence-electron chi connectivity index (χ0n) is 13.9. The third kappa shape index (κ3) is 2.36. The molecular weight excluding hydrogens is 304 g/mol. The van der Waals surface area contributed by atoms with Crippen LogP contribution < -0.4 is 0 Å². The van der Waals surface area contributed by atoms with Gasteiger partial charge in [0.05, 0.1) is 5.52 Å². The number of para-hydroxylation sites is 1. The first-order chi connectivity index (χ1) is 11.6. The van der Waals surface area contributed by atoms with Gasteiger partial charge in [0.2, 0.25) is 0 Å². The average molecular weight is 324 g/mol. The Morgan fingerprint density at radius 3 is 2.62 bits per heavy atom. The highest BCUT2D eigenvalue weighted by atomic mass is 16.2. The van der Waals surface area contributed by atoms with Crippen molar-refractivity contribution < 1.29 is 4.79 Å². The topological polar surface area (TPSA) is 68.8 Å². The van der Waals surface area contributed by atoms with Gasteiger partial charge in [0.15, 0.2) is 5.69 Å². The Hall–Kier alpha value is -2.70. The number of fused-ring (bicyclic) bond motifs is 1. The van der Waals surface area contributed by atoms with Gasteiger partial charge < -0.3 is 9.47 Å². The highest BCUT2D eigenvalue weighted by Crippen LogP contribution is 2.27. The fraction of sp³-hybridized carbons (Fsp3) is 0.412. The lowest BCUT2D eigenvalue weighted by atomic mass is 9.95. The summed E-state index contributed by atoms with van der Waals surface area (Å²) in [6.45, 7) is 1.45. The number of nitrogens with zero attached hydrogens (tertiary/aromatic N) is 6. The Labute approximate surface area is 139 Å². The number of piperidine rings is 1. The van der Waals surface area contributed by atoms with E-state index in [2.05, 4.69) is 15.3 Å². The van der Waals surface area contributed by atoms with Crippen LogP contribution in [0.4, 0.5) is 0 Å². The zero-order valence-corrected chi connectivity index (χ0v) is 13.9. The SMILES string of the molecule is Cn1cnnc1C1CCN(C(=O)c2nn(C)c3ccccc23)CC1. The first-order valence-electron chi connectivity index (χ1n) is 8.20. The molecule has 0 radical (unpaired) electrons. The molecule has 1 amide bonds. The van der Waals surface area contributed by atoms with Crippen LogP contribution in [0, 0.1) is 0 Å². The molecular formula is C17H20N6O. The molecule has 3 aromatic rings. The molecule has 0 saturated carbocycles. The van der Waals surface area contributed by atoms with Gasteiger partial charge in [-0.1, -0.05) is 18.2 Å². The number of hydrogen-bond donors (Lipinski definition) is 0. The van der Waals surface area contributed by atoms with Gasteiger partial charge in [-0.05, 0) is 18.9 Å². The molecule has 1 aliphatic rings. The van der Waals surface area contributed by atoms with Gasteiger partial charge in [-0.15, -0.1) is 10.2 Å². The van der Waals surface area contributed by atoms with E-state index in [-0.39, 0.29) is 5.91 Å². The maximum Gasteiger partial charge on any atom is 0.275 e. The number of hydrogen-bond acceptors (Lipinski definition) is 4. The number of carbonyl (C=O) groups excluding carboxylic acids is 1. The van der Waals surface area contributed by atoms with Crippen molar-refractivity contribution in [2.75, 3.05) is 13.1 Å². The summed E-state index contributed by atoms with van der Waals surface area (Å²) in [6, 6.07) is 7.85. The molecule has 0 spiro atoms. The van der Waals surface area contributed by atoms with Crippen molar-refractivity contribution in [2.45, 2.75) is 18.8 Å². The molecule has 4 rings (SSSR count). The van der Waals surface area contributed by atoms with Crippen LogP contribution in [0.5, 0.6) is 0 Å². The van der Waals surface area contributed by atoms with E-state index in [1.165, 1.54) is 0 Å². The summed E-state index contributed by atoms with van der Waals surface area (Å²) in [6.07, 6.45) is 3.54. The fourth-order valence-corrected chi connectivity index (χ4v) is 3.52. The lowest BCUT2D eigenvalue weighted by Gasteiger charge is -2.31. The van der Waals surface area contributed by atoms with E-state index in [9.17, 15) is 4.79 Å². The van der Waals surface area contributed by atoms with Crippen LogP contribution in [0.2, 0.25) is 0 Å². The third-order valence-corrected chi connectivity index (χ3v) is 4.85. The zero-order chi connectivity index (χ0) is 16.7. The maximum atomic E-state index is 12.9. The van der Waals surface area contributed by atoms with Crippen LogP contribution in [0.3, 0.4) is 0 Å². The molecule has 1 aliphatic heterocycles. The van der Waals surface area contributed by atoms with Gasteiger partial charge in [0.25, 0.3) is 5.91 Å². The van der Waals surface area contributed by atoms with Crippen molar-refractivity contribution in [3.8, 4) is 0 Å². The van der Waals surface area contributed by atoms with Crippen LogP contribution in [-0.2, 0) is 14.1 Å². The third-order valence-electron chi connectivity index (χ3n) is 4.85. The second kappa shape index (κ2) is 5.74. The quantitative estimate of drug-likeness (QED) is 0.720. The molecule has 124 valence electrons. The molecule has 2 aromatic heterocycles. The largest absolute Gasteiger partial charge is 0.337 e. The molecule has 0 atom stereocenters. The Balaban J connectivity index is 1.53. The molecule has 1 fully saturated rings. The van der Waals surface area contributed by atoms with E-state index >= 15 is 0 Å². The minimum atomic E-state index is 0.0169. The minimum Gasteiger partial charge on any atom is -0.337 e. The van der Waals surface area contributed by atoms with Crippen molar-refractivity contribution in [2.24, 2.45) is 14.1 Å². The van der Waals surface area contributed by atoms with E-state index < -0.39 is 0 Å². The van der Waals surface area contributed by atoms with E-state index in [0.29, 0.717) is 11.6 Å². The summed E-state index contributed by atoms with van der Waals surface area (Å²) in [5.74, 6) is 1.38. The summed E-state index contributed by atoms with van der Waals surface area (Å²) in [5, 5.41) is 13.5. The van der Waals surface area contributed by atoms with Crippen molar-refractivity contribution in [1.29, 1.82) is 0 Å². The second-order valence-corrected chi connectivity index (χ2v) is 6.36. The monoisotopic (exact) mass is 324 g/mol. The standard InChI is InChI=1S/C17H20N6O/c1-21-11-18-19-16(21)12-7-9-23(10-8-12)17(24)15-13-5-3-4-6-14(13)22(2)20-15/h3-6,11-12H,7-10H2,1-2H3. The van der Waals surface area contributed by atoms with Crippen molar-refractivity contribution in [3.05, 3.63) is 42.1 Å². The summed E-state index contributed by atoms with van der Waals surface area (Å²) < 4.78 is 3.74. The predicted octanol–water partition coefficient (Wildman–Crippen LogP) is 1.72. The predicted molar refractivity (Wildman–Crippen MR) is 89.6 cm³/mol. The average Bonchev–Trinajstić information content (AvgIpc) is 3.19. The van der Waals surface area contributed by atoms with E-state index in [4.69, 9.17) is 0 Å². The number of aryl methyl sites for hydroxylation is 2. The Morgan fingerprint density at radius 2 is 1.92 bits per heavy atom. The number of amides is 1. The van der Waals surface area contributed by atoms with Crippen LogP contribution >= 0.6 is 0 Å². The highest BCUT2D eigenvalue weighted by molar-refractivity contribution is 6.04. The number of benzene rings is 1. The summed E-state index contributed by atoms with van der Waals surface area (Å²) >= 11 is 0.